The molecule has 0 bridgehead atoms. The molecule has 0 aliphatic carbocycles. The van der Waals surface area contributed by atoms with Crippen LogP contribution < -0.4 is 10.5 Å². The highest BCUT2D eigenvalue weighted by Gasteiger charge is 2.09. The summed E-state index contributed by atoms with van der Waals surface area (Å²) >= 11 is 0. The lowest BCUT2D eigenvalue weighted by atomic mass is 10.1. The second-order valence-corrected chi connectivity index (χ2v) is 4.72. The molecule has 0 fully saturated rings. The molecule has 0 saturated heterocycles. The maximum atomic E-state index is 6.23. The Morgan fingerprint density at radius 3 is 2.63 bits per heavy atom. The summed E-state index contributed by atoms with van der Waals surface area (Å²) in [4.78, 5) is 6.59. The lowest BCUT2D eigenvalue weighted by molar-refractivity contribution is 0.290. The average molecular weight is 265 g/mol. The Bertz CT molecular complexity index is 353. The number of ether oxygens (including phenoxy) is 1. The van der Waals surface area contributed by atoms with Crippen LogP contribution in [-0.4, -0.2) is 36.1 Å². The monoisotopic (exact) mass is 265 g/mol. The normalized spacial score (nSPS) is 12.7. The van der Waals surface area contributed by atoms with Gasteiger partial charge in [0.25, 0.3) is 0 Å². The van der Waals surface area contributed by atoms with E-state index in [0.717, 1.165) is 50.4 Å². The third-order valence-electron chi connectivity index (χ3n) is 3.29. The maximum absolute atomic E-state index is 6.23. The van der Waals surface area contributed by atoms with E-state index in [1.54, 1.807) is 6.20 Å². The van der Waals surface area contributed by atoms with Crippen LogP contribution in [0.4, 0.5) is 0 Å². The van der Waals surface area contributed by atoms with Crippen molar-refractivity contribution < 1.29 is 4.74 Å². The summed E-state index contributed by atoms with van der Waals surface area (Å²) in [6.45, 7) is 10.3. The van der Waals surface area contributed by atoms with Crippen LogP contribution in [0.1, 0.15) is 45.2 Å². The molecule has 1 atom stereocenters. The van der Waals surface area contributed by atoms with Gasteiger partial charge in [0.15, 0.2) is 0 Å². The van der Waals surface area contributed by atoms with Crippen molar-refractivity contribution in [1.82, 2.24) is 9.88 Å². The quantitative estimate of drug-likeness (QED) is 0.745. The zero-order chi connectivity index (χ0) is 14.1. The van der Waals surface area contributed by atoms with Crippen LogP contribution in [0.25, 0.3) is 0 Å². The van der Waals surface area contributed by atoms with Gasteiger partial charge in [0.05, 0.1) is 12.8 Å². The van der Waals surface area contributed by atoms with Crippen molar-refractivity contribution >= 4 is 0 Å². The smallest absolute Gasteiger partial charge is 0.137 e. The first-order valence-electron chi connectivity index (χ1n) is 7.26. The van der Waals surface area contributed by atoms with Crippen molar-refractivity contribution in [3.05, 3.63) is 24.0 Å². The Balaban J connectivity index is 2.53. The van der Waals surface area contributed by atoms with Crippen LogP contribution in [0.3, 0.4) is 0 Å². The average Bonchev–Trinajstić information content (AvgIpc) is 2.46. The summed E-state index contributed by atoms with van der Waals surface area (Å²) < 4.78 is 5.59. The lowest BCUT2D eigenvalue weighted by Crippen LogP contribution is -2.27. The molecule has 2 N–H and O–H groups in total. The van der Waals surface area contributed by atoms with E-state index in [9.17, 15) is 0 Å². The van der Waals surface area contributed by atoms with Crippen molar-refractivity contribution in [3.63, 3.8) is 0 Å². The zero-order valence-corrected chi connectivity index (χ0v) is 12.4. The van der Waals surface area contributed by atoms with Gasteiger partial charge in [-0.1, -0.05) is 20.8 Å². The summed E-state index contributed by atoms with van der Waals surface area (Å²) in [6, 6.07) is 2.04. The molecular formula is C15H27N3O. The molecule has 4 nitrogen and oxygen atoms in total. The molecule has 1 rings (SSSR count). The molecule has 1 unspecified atom stereocenters. The van der Waals surface area contributed by atoms with Crippen molar-refractivity contribution in [3.8, 4) is 5.75 Å². The molecule has 1 heterocycles. The van der Waals surface area contributed by atoms with Gasteiger partial charge in [-0.25, -0.2) is 0 Å². The molecule has 0 radical (unpaired) electrons. The third kappa shape index (κ3) is 5.57. The Morgan fingerprint density at radius 2 is 2.00 bits per heavy atom. The minimum absolute atomic E-state index is 0.0262. The third-order valence-corrected chi connectivity index (χ3v) is 3.29. The molecule has 0 spiro atoms. The van der Waals surface area contributed by atoms with E-state index in [1.807, 2.05) is 12.3 Å². The summed E-state index contributed by atoms with van der Waals surface area (Å²) in [6.07, 6.45) is 5.53. The number of hydrogen-bond donors (Lipinski definition) is 1. The van der Waals surface area contributed by atoms with Gasteiger partial charge in [-0.05, 0) is 44.1 Å². The molecule has 19 heavy (non-hydrogen) atoms. The van der Waals surface area contributed by atoms with Crippen LogP contribution >= 0.6 is 0 Å². The van der Waals surface area contributed by atoms with E-state index in [-0.39, 0.29) is 6.04 Å². The second-order valence-electron chi connectivity index (χ2n) is 4.72. The highest BCUT2D eigenvalue weighted by atomic mass is 16.5. The molecule has 0 amide bonds. The molecule has 0 aliphatic rings. The van der Waals surface area contributed by atoms with Gasteiger partial charge < -0.3 is 15.4 Å². The lowest BCUT2D eigenvalue weighted by Gasteiger charge is -2.20. The molecule has 4 heteroatoms. The molecule has 0 aliphatic heterocycles. The van der Waals surface area contributed by atoms with Crippen LogP contribution in [0.5, 0.6) is 5.75 Å². The molecule has 108 valence electrons. The standard InChI is InChI=1S/C15H27N3O/c1-4-9-19-14-10-13(11-17-12-14)15(16)7-8-18(5-2)6-3/h10-12,15H,4-9,16H2,1-3H3. The first kappa shape index (κ1) is 15.9. The van der Waals surface area contributed by atoms with Crippen LogP contribution in [-0.2, 0) is 0 Å². The minimum atomic E-state index is 0.0262. The second kappa shape index (κ2) is 8.88. The predicted octanol–water partition coefficient (Wildman–Crippen LogP) is 2.60. The predicted molar refractivity (Wildman–Crippen MR) is 79.4 cm³/mol. The number of hydrogen-bond acceptors (Lipinski definition) is 4. The fraction of sp³-hybridized carbons (Fsp3) is 0.667. The Morgan fingerprint density at radius 1 is 1.26 bits per heavy atom. The summed E-state index contributed by atoms with van der Waals surface area (Å²) in [5, 5.41) is 0. The van der Waals surface area contributed by atoms with Crippen LogP contribution in [0, 0.1) is 0 Å². The van der Waals surface area contributed by atoms with Gasteiger partial charge in [0.1, 0.15) is 5.75 Å². The minimum Gasteiger partial charge on any atom is -0.492 e. The SMILES string of the molecule is CCCOc1cncc(C(N)CCN(CC)CC)c1. The summed E-state index contributed by atoms with van der Waals surface area (Å²) in [5.41, 5.74) is 7.28. The van der Waals surface area contributed by atoms with E-state index in [2.05, 4.69) is 30.7 Å². The highest BCUT2D eigenvalue weighted by Crippen LogP contribution is 2.19. The van der Waals surface area contributed by atoms with Crippen LogP contribution in [0.15, 0.2) is 18.5 Å². The van der Waals surface area contributed by atoms with E-state index in [0.29, 0.717) is 0 Å². The topological polar surface area (TPSA) is 51.4 Å². The van der Waals surface area contributed by atoms with Crippen molar-refractivity contribution in [2.75, 3.05) is 26.2 Å². The van der Waals surface area contributed by atoms with Crippen molar-refractivity contribution in [2.24, 2.45) is 5.73 Å². The summed E-state index contributed by atoms with van der Waals surface area (Å²) in [7, 11) is 0. The number of pyridine rings is 1. The first-order chi connectivity index (χ1) is 9.21. The summed E-state index contributed by atoms with van der Waals surface area (Å²) in [5.74, 6) is 0.817. The highest BCUT2D eigenvalue weighted by molar-refractivity contribution is 5.25. The van der Waals surface area contributed by atoms with Gasteiger partial charge in [-0.3, -0.25) is 4.98 Å². The van der Waals surface area contributed by atoms with Crippen molar-refractivity contribution in [2.45, 2.75) is 39.7 Å². The first-order valence-corrected chi connectivity index (χ1v) is 7.26. The zero-order valence-electron chi connectivity index (χ0n) is 12.4. The Hall–Kier alpha value is -1.13. The van der Waals surface area contributed by atoms with E-state index < -0.39 is 0 Å². The molecule has 1 aromatic heterocycles. The van der Waals surface area contributed by atoms with Crippen molar-refractivity contribution in [1.29, 1.82) is 0 Å². The van der Waals surface area contributed by atoms with Gasteiger partial charge in [0, 0.05) is 12.2 Å². The van der Waals surface area contributed by atoms with E-state index in [4.69, 9.17) is 10.5 Å². The molecule has 0 saturated carbocycles. The van der Waals surface area contributed by atoms with Gasteiger partial charge in [0.2, 0.25) is 0 Å². The maximum Gasteiger partial charge on any atom is 0.137 e. The number of nitrogens with zero attached hydrogens (tertiary/aromatic N) is 2. The number of rotatable bonds is 9. The fourth-order valence-corrected chi connectivity index (χ4v) is 1.97. The molecule has 1 aromatic rings. The van der Waals surface area contributed by atoms with Crippen LogP contribution in [0.2, 0.25) is 0 Å². The fourth-order valence-electron chi connectivity index (χ4n) is 1.97. The van der Waals surface area contributed by atoms with Gasteiger partial charge in [-0.15, -0.1) is 0 Å². The van der Waals surface area contributed by atoms with Gasteiger partial charge >= 0.3 is 0 Å². The molecular weight excluding hydrogens is 238 g/mol. The molecule has 0 aromatic carbocycles. The largest absolute Gasteiger partial charge is 0.492 e. The van der Waals surface area contributed by atoms with Gasteiger partial charge in [-0.2, -0.15) is 0 Å². The van der Waals surface area contributed by atoms with E-state index in [1.165, 1.54) is 0 Å². The Kier molecular flexibility index (Phi) is 7.45. The Labute approximate surface area is 117 Å². The number of aromatic nitrogens is 1. The number of nitrogens with two attached hydrogens (primary N) is 1. The van der Waals surface area contributed by atoms with E-state index >= 15 is 0 Å².